The van der Waals surface area contributed by atoms with Gasteiger partial charge in [-0.2, -0.15) is 4.98 Å². The van der Waals surface area contributed by atoms with Crippen molar-refractivity contribution in [2.24, 2.45) is 0 Å². The van der Waals surface area contributed by atoms with Crippen LogP contribution < -0.4 is 10.5 Å². The van der Waals surface area contributed by atoms with Crippen molar-refractivity contribution >= 4 is 17.4 Å². The molecule has 0 saturated carbocycles. The van der Waals surface area contributed by atoms with E-state index in [0.29, 0.717) is 29.2 Å². The molecule has 0 bridgehead atoms. The van der Waals surface area contributed by atoms with Gasteiger partial charge < -0.3 is 10.5 Å². The number of aromatic nitrogens is 2. The summed E-state index contributed by atoms with van der Waals surface area (Å²) in [5.41, 5.74) is 7.43. The molecule has 0 aliphatic carbocycles. The van der Waals surface area contributed by atoms with Gasteiger partial charge >= 0.3 is 0 Å². The molecule has 2 N–H and O–H groups in total. The van der Waals surface area contributed by atoms with Crippen molar-refractivity contribution in [2.75, 3.05) is 5.73 Å². The predicted octanol–water partition coefficient (Wildman–Crippen LogP) is 3.90. The van der Waals surface area contributed by atoms with E-state index < -0.39 is 0 Å². The Kier molecular flexibility index (Phi) is 4.37. The predicted molar refractivity (Wildman–Crippen MR) is 85.7 cm³/mol. The van der Waals surface area contributed by atoms with Crippen LogP contribution >= 0.6 is 11.6 Å². The molecule has 2 rings (SSSR count). The van der Waals surface area contributed by atoms with Crippen LogP contribution in [0.25, 0.3) is 0 Å². The molecule has 112 valence electrons. The number of nitrogen functional groups attached to an aromatic ring is 1. The van der Waals surface area contributed by atoms with Crippen LogP contribution in [0.3, 0.4) is 0 Å². The molecule has 0 fully saturated rings. The molecule has 1 aromatic heterocycles. The normalized spacial score (nSPS) is 11.5. The van der Waals surface area contributed by atoms with E-state index in [1.54, 1.807) is 0 Å². The van der Waals surface area contributed by atoms with Gasteiger partial charge in [-0.25, -0.2) is 4.98 Å². The second-order valence-electron chi connectivity index (χ2n) is 5.99. The summed E-state index contributed by atoms with van der Waals surface area (Å²) in [6.07, 6.45) is 0. The second kappa shape index (κ2) is 5.90. The molecule has 0 amide bonds. The molecule has 0 radical (unpaired) electrons. The highest BCUT2D eigenvalue weighted by Gasteiger charge is 2.21. The Hall–Kier alpha value is -1.81. The molecule has 1 heterocycles. The van der Waals surface area contributed by atoms with E-state index in [-0.39, 0.29) is 5.41 Å². The number of nitrogens with zero attached hydrogens (tertiary/aromatic N) is 2. The van der Waals surface area contributed by atoms with Gasteiger partial charge in [0.05, 0.1) is 5.56 Å². The summed E-state index contributed by atoms with van der Waals surface area (Å²) in [6.45, 7) is 8.31. The Morgan fingerprint density at radius 1 is 1.19 bits per heavy atom. The molecule has 0 aliphatic heterocycles. The zero-order valence-corrected chi connectivity index (χ0v) is 13.5. The van der Waals surface area contributed by atoms with Crippen LogP contribution in [0.5, 0.6) is 5.88 Å². The maximum atomic E-state index is 6.13. The summed E-state index contributed by atoms with van der Waals surface area (Å²) in [7, 11) is 0. The van der Waals surface area contributed by atoms with E-state index in [9.17, 15) is 0 Å². The molecule has 0 atom stereocenters. The largest absolute Gasteiger partial charge is 0.472 e. The maximum Gasteiger partial charge on any atom is 0.222 e. The first kappa shape index (κ1) is 15.6. The number of halogens is 1. The maximum absolute atomic E-state index is 6.13. The fourth-order valence-electron chi connectivity index (χ4n) is 1.75. The first-order valence-electron chi connectivity index (χ1n) is 6.80. The highest BCUT2D eigenvalue weighted by Crippen LogP contribution is 2.27. The van der Waals surface area contributed by atoms with Crippen LogP contribution in [-0.4, -0.2) is 9.97 Å². The molecular formula is C16H20ClN3O. The minimum absolute atomic E-state index is 0.190. The third-order valence-corrected chi connectivity index (χ3v) is 3.50. The number of hydrogen-bond acceptors (Lipinski definition) is 4. The molecule has 5 heteroatoms. The van der Waals surface area contributed by atoms with Crippen molar-refractivity contribution in [3.63, 3.8) is 0 Å². The van der Waals surface area contributed by atoms with Crippen molar-refractivity contribution in [3.05, 3.63) is 46.2 Å². The Labute approximate surface area is 130 Å². The minimum Gasteiger partial charge on any atom is -0.472 e. The summed E-state index contributed by atoms with van der Waals surface area (Å²) >= 11 is 6.13. The Morgan fingerprint density at radius 3 is 2.48 bits per heavy atom. The van der Waals surface area contributed by atoms with Crippen molar-refractivity contribution in [2.45, 2.75) is 39.7 Å². The number of ether oxygens (including phenoxy) is 1. The third-order valence-electron chi connectivity index (χ3n) is 3.13. The second-order valence-corrected chi connectivity index (χ2v) is 6.40. The van der Waals surface area contributed by atoms with Gasteiger partial charge in [0.2, 0.25) is 5.88 Å². The number of anilines is 1. The van der Waals surface area contributed by atoms with Crippen LogP contribution in [0.2, 0.25) is 5.02 Å². The van der Waals surface area contributed by atoms with Crippen LogP contribution in [-0.2, 0) is 12.0 Å². The van der Waals surface area contributed by atoms with Crippen molar-refractivity contribution < 1.29 is 4.74 Å². The number of benzene rings is 1. The van der Waals surface area contributed by atoms with E-state index in [4.69, 9.17) is 22.1 Å². The fourth-order valence-corrected chi connectivity index (χ4v) is 1.94. The molecule has 0 unspecified atom stereocenters. The Bertz CT molecular complexity index is 650. The number of nitrogens with two attached hydrogens (primary N) is 1. The molecule has 4 nitrogen and oxygen atoms in total. The van der Waals surface area contributed by atoms with Crippen LogP contribution in [0, 0.1) is 6.92 Å². The topological polar surface area (TPSA) is 61.0 Å². The van der Waals surface area contributed by atoms with Crippen molar-refractivity contribution in [3.8, 4) is 5.88 Å². The van der Waals surface area contributed by atoms with Gasteiger partial charge in [-0.1, -0.05) is 50.6 Å². The average Bonchev–Trinajstić information content (AvgIpc) is 2.40. The van der Waals surface area contributed by atoms with Gasteiger partial charge in [0, 0.05) is 16.0 Å². The third kappa shape index (κ3) is 3.64. The van der Waals surface area contributed by atoms with Gasteiger partial charge in [-0.3, -0.25) is 0 Å². The van der Waals surface area contributed by atoms with Gasteiger partial charge in [0.25, 0.3) is 0 Å². The molecule has 21 heavy (non-hydrogen) atoms. The first-order valence-corrected chi connectivity index (χ1v) is 7.17. The molecule has 0 aliphatic rings. The standard InChI is InChI=1S/C16H20ClN3O/c1-10-13(18)19-15(16(2,3)4)20-14(10)21-9-11-7-5-6-8-12(11)17/h5-8H,9H2,1-4H3,(H2,18,19,20). The summed E-state index contributed by atoms with van der Waals surface area (Å²) in [5.74, 6) is 1.62. The Balaban J connectivity index is 2.28. The van der Waals surface area contributed by atoms with E-state index in [0.717, 1.165) is 11.1 Å². The molecule has 0 saturated heterocycles. The molecule has 0 spiro atoms. The van der Waals surface area contributed by atoms with E-state index in [1.807, 2.05) is 52.0 Å². The minimum atomic E-state index is -0.190. The van der Waals surface area contributed by atoms with Crippen molar-refractivity contribution in [1.82, 2.24) is 9.97 Å². The first-order chi connectivity index (χ1) is 9.79. The highest BCUT2D eigenvalue weighted by molar-refractivity contribution is 6.31. The lowest BCUT2D eigenvalue weighted by Gasteiger charge is -2.19. The highest BCUT2D eigenvalue weighted by atomic mass is 35.5. The lowest BCUT2D eigenvalue weighted by atomic mass is 9.95. The van der Waals surface area contributed by atoms with Gasteiger partial charge in [0.1, 0.15) is 18.2 Å². The summed E-state index contributed by atoms with van der Waals surface area (Å²) in [6, 6.07) is 7.57. The molecular weight excluding hydrogens is 286 g/mol. The fraction of sp³-hybridized carbons (Fsp3) is 0.375. The molecule has 1 aromatic carbocycles. The molecule has 2 aromatic rings. The van der Waals surface area contributed by atoms with Crippen LogP contribution in [0.1, 0.15) is 37.7 Å². The number of hydrogen-bond donors (Lipinski definition) is 1. The SMILES string of the molecule is Cc1c(N)nc(C(C)(C)C)nc1OCc1ccccc1Cl. The average molecular weight is 306 g/mol. The monoisotopic (exact) mass is 305 g/mol. The van der Waals surface area contributed by atoms with Gasteiger partial charge in [0.15, 0.2) is 0 Å². The van der Waals surface area contributed by atoms with E-state index in [1.165, 1.54) is 0 Å². The van der Waals surface area contributed by atoms with E-state index >= 15 is 0 Å². The quantitative estimate of drug-likeness (QED) is 0.934. The summed E-state index contributed by atoms with van der Waals surface area (Å²) in [4.78, 5) is 8.83. The number of rotatable bonds is 3. The van der Waals surface area contributed by atoms with E-state index in [2.05, 4.69) is 9.97 Å². The lowest BCUT2D eigenvalue weighted by molar-refractivity contribution is 0.288. The zero-order valence-electron chi connectivity index (χ0n) is 12.8. The zero-order chi connectivity index (χ0) is 15.6. The lowest BCUT2D eigenvalue weighted by Crippen LogP contribution is -2.18. The van der Waals surface area contributed by atoms with Gasteiger partial charge in [-0.05, 0) is 13.0 Å². The van der Waals surface area contributed by atoms with Gasteiger partial charge in [-0.15, -0.1) is 0 Å². The van der Waals surface area contributed by atoms with Crippen LogP contribution in [0.4, 0.5) is 5.82 Å². The summed E-state index contributed by atoms with van der Waals surface area (Å²) in [5, 5.41) is 0.674. The van der Waals surface area contributed by atoms with Crippen molar-refractivity contribution in [1.29, 1.82) is 0 Å². The van der Waals surface area contributed by atoms with Crippen LogP contribution in [0.15, 0.2) is 24.3 Å². The summed E-state index contributed by atoms with van der Waals surface area (Å²) < 4.78 is 5.80. The smallest absolute Gasteiger partial charge is 0.222 e. The Morgan fingerprint density at radius 2 is 1.86 bits per heavy atom.